The molecule has 0 bridgehead atoms. The number of hydrogen-bond donors (Lipinski definition) is 1. The van der Waals surface area contributed by atoms with E-state index in [0.29, 0.717) is 32.0 Å². The molecule has 124 valence electrons. The van der Waals surface area contributed by atoms with Gasteiger partial charge in [-0.05, 0) is 18.2 Å². The Morgan fingerprint density at radius 2 is 1.52 bits per heavy atom. The Kier molecular flexibility index (Phi) is 5.53. The van der Waals surface area contributed by atoms with E-state index in [2.05, 4.69) is 14.8 Å². The van der Waals surface area contributed by atoms with Gasteiger partial charge < -0.3 is 24.4 Å². The van der Waals surface area contributed by atoms with Crippen molar-refractivity contribution in [2.75, 3.05) is 45.8 Å². The van der Waals surface area contributed by atoms with E-state index >= 15 is 0 Å². The number of methoxy groups -OCH3 is 2. The van der Waals surface area contributed by atoms with Gasteiger partial charge in [0.05, 0.1) is 38.6 Å². The average Bonchev–Trinajstić information content (AvgIpc) is 2.60. The van der Waals surface area contributed by atoms with Crippen molar-refractivity contribution in [1.82, 2.24) is 4.90 Å². The summed E-state index contributed by atoms with van der Waals surface area (Å²) in [6.07, 6.45) is 0. The molecule has 0 radical (unpaired) electrons. The maximum absolute atomic E-state index is 12.2. The highest BCUT2D eigenvalue weighted by molar-refractivity contribution is 5.99. The number of carbonyl (C=O) groups is 3. The number of esters is 2. The van der Waals surface area contributed by atoms with Crippen molar-refractivity contribution in [3.8, 4) is 0 Å². The Morgan fingerprint density at radius 3 is 2.00 bits per heavy atom. The second kappa shape index (κ2) is 7.59. The van der Waals surface area contributed by atoms with Crippen LogP contribution in [0.1, 0.15) is 20.7 Å². The largest absolute Gasteiger partial charge is 0.465 e. The zero-order valence-electron chi connectivity index (χ0n) is 13.0. The van der Waals surface area contributed by atoms with E-state index in [1.54, 1.807) is 4.90 Å². The van der Waals surface area contributed by atoms with E-state index in [4.69, 9.17) is 4.74 Å². The fraction of sp³-hybridized carbons (Fsp3) is 0.400. The number of carbonyl (C=O) groups excluding carboxylic acids is 3. The molecule has 0 spiro atoms. The molecule has 0 aliphatic carbocycles. The van der Waals surface area contributed by atoms with E-state index in [-0.39, 0.29) is 17.2 Å². The summed E-state index contributed by atoms with van der Waals surface area (Å²) in [4.78, 5) is 37.2. The fourth-order valence-corrected chi connectivity index (χ4v) is 2.14. The first-order valence-electron chi connectivity index (χ1n) is 7.00. The van der Waals surface area contributed by atoms with Gasteiger partial charge in [-0.2, -0.15) is 0 Å². The molecule has 8 heteroatoms. The lowest BCUT2D eigenvalue weighted by Gasteiger charge is -2.27. The highest BCUT2D eigenvalue weighted by Crippen LogP contribution is 2.18. The summed E-state index contributed by atoms with van der Waals surface area (Å²) in [5.74, 6) is -1.23. The monoisotopic (exact) mass is 322 g/mol. The summed E-state index contributed by atoms with van der Waals surface area (Å²) >= 11 is 0. The first kappa shape index (κ1) is 16.8. The maximum Gasteiger partial charge on any atom is 0.337 e. The minimum absolute atomic E-state index is 0.146. The van der Waals surface area contributed by atoms with Crippen molar-refractivity contribution in [2.24, 2.45) is 0 Å². The lowest BCUT2D eigenvalue weighted by molar-refractivity contribution is 0.0564. The van der Waals surface area contributed by atoms with Crippen molar-refractivity contribution in [2.45, 2.75) is 0 Å². The summed E-state index contributed by atoms with van der Waals surface area (Å²) in [6, 6.07) is 3.90. The number of nitrogens with zero attached hydrogens (tertiary/aromatic N) is 1. The van der Waals surface area contributed by atoms with Crippen LogP contribution in [-0.4, -0.2) is 63.4 Å². The van der Waals surface area contributed by atoms with Crippen molar-refractivity contribution in [3.63, 3.8) is 0 Å². The van der Waals surface area contributed by atoms with E-state index < -0.39 is 11.9 Å². The number of amides is 2. The maximum atomic E-state index is 12.2. The second-order valence-corrected chi connectivity index (χ2v) is 4.81. The van der Waals surface area contributed by atoms with Gasteiger partial charge in [0.15, 0.2) is 0 Å². The normalized spacial score (nSPS) is 14.1. The number of anilines is 1. The molecule has 1 heterocycles. The van der Waals surface area contributed by atoms with Gasteiger partial charge in [0.1, 0.15) is 0 Å². The van der Waals surface area contributed by atoms with Gasteiger partial charge in [-0.25, -0.2) is 14.4 Å². The zero-order chi connectivity index (χ0) is 16.8. The van der Waals surface area contributed by atoms with Gasteiger partial charge in [0.2, 0.25) is 0 Å². The van der Waals surface area contributed by atoms with Gasteiger partial charge in [-0.3, -0.25) is 0 Å². The molecule has 0 aromatic heterocycles. The Bertz CT molecular complexity index is 576. The molecule has 1 aliphatic rings. The minimum atomic E-state index is -0.613. The highest BCUT2D eigenvalue weighted by atomic mass is 16.5. The van der Waals surface area contributed by atoms with E-state index in [1.165, 1.54) is 32.4 Å². The van der Waals surface area contributed by atoms with Crippen LogP contribution in [0.5, 0.6) is 0 Å². The summed E-state index contributed by atoms with van der Waals surface area (Å²) in [5.41, 5.74) is 0.602. The van der Waals surface area contributed by atoms with E-state index in [0.717, 1.165) is 0 Å². The SMILES string of the molecule is COC(=O)c1cc(NC(=O)N2CCOCC2)cc(C(=O)OC)c1. The first-order chi connectivity index (χ1) is 11.0. The van der Waals surface area contributed by atoms with Crippen LogP contribution < -0.4 is 5.32 Å². The lowest BCUT2D eigenvalue weighted by Crippen LogP contribution is -2.43. The van der Waals surface area contributed by atoms with Crippen LogP contribution in [0.2, 0.25) is 0 Å². The Balaban J connectivity index is 2.23. The van der Waals surface area contributed by atoms with E-state index in [9.17, 15) is 14.4 Å². The van der Waals surface area contributed by atoms with Crippen LogP contribution >= 0.6 is 0 Å². The predicted molar refractivity (Wildman–Crippen MR) is 80.5 cm³/mol. The molecule has 2 amide bonds. The third-order valence-electron chi connectivity index (χ3n) is 3.32. The number of urea groups is 1. The molecular weight excluding hydrogens is 304 g/mol. The standard InChI is InChI=1S/C15H18N2O6/c1-21-13(18)10-7-11(14(19)22-2)9-12(8-10)16-15(20)17-3-5-23-6-4-17/h7-9H,3-6H2,1-2H3,(H,16,20). The number of hydrogen-bond acceptors (Lipinski definition) is 6. The molecule has 23 heavy (non-hydrogen) atoms. The van der Waals surface area contributed by atoms with Crippen LogP contribution in [0.25, 0.3) is 0 Å². The van der Waals surface area contributed by atoms with Crippen molar-refractivity contribution in [3.05, 3.63) is 29.3 Å². The van der Waals surface area contributed by atoms with E-state index in [1.807, 2.05) is 0 Å². The molecule has 0 saturated carbocycles. The number of benzene rings is 1. The van der Waals surface area contributed by atoms with Gasteiger partial charge in [0, 0.05) is 18.8 Å². The van der Waals surface area contributed by atoms with Crippen molar-refractivity contribution in [1.29, 1.82) is 0 Å². The molecule has 2 rings (SSSR count). The van der Waals surface area contributed by atoms with Crippen molar-refractivity contribution >= 4 is 23.7 Å². The second-order valence-electron chi connectivity index (χ2n) is 4.81. The molecule has 1 aromatic carbocycles. The van der Waals surface area contributed by atoms with Crippen LogP contribution in [0.15, 0.2) is 18.2 Å². The summed E-state index contributed by atoms with van der Waals surface area (Å²) in [7, 11) is 2.47. The molecule has 1 aromatic rings. The molecule has 0 unspecified atom stereocenters. The third-order valence-corrected chi connectivity index (χ3v) is 3.32. The zero-order valence-corrected chi connectivity index (χ0v) is 13.0. The van der Waals surface area contributed by atoms with Gasteiger partial charge >= 0.3 is 18.0 Å². The Morgan fingerprint density at radius 1 is 1.00 bits per heavy atom. The number of ether oxygens (including phenoxy) is 3. The van der Waals surface area contributed by atoms with Crippen LogP contribution in [0, 0.1) is 0 Å². The summed E-state index contributed by atoms with van der Waals surface area (Å²) in [5, 5.41) is 2.67. The topological polar surface area (TPSA) is 94.2 Å². The van der Waals surface area contributed by atoms with Crippen molar-refractivity contribution < 1.29 is 28.6 Å². The lowest BCUT2D eigenvalue weighted by atomic mass is 10.1. The van der Waals surface area contributed by atoms with Crippen LogP contribution in [-0.2, 0) is 14.2 Å². The molecule has 1 fully saturated rings. The molecule has 8 nitrogen and oxygen atoms in total. The summed E-state index contributed by atoms with van der Waals surface area (Å²) in [6.45, 7) is 1.91. The number of rotatable bonds is 3. The average molecular weight is 322 g/mol. The Hall–Kier alpha value is -2.61. The Labute approximate surface area is 133 Å². The number of morpholine rings is 1. The summed E-state index contributed by atoms with van der Waals surface area (Å²) < 4.78 is 14.5. The van der Waals surface area contributed by atoms with Crippen LogP contribution in [0.3, 0.4) is 0 Å². The highest BCUT2D eigenvalue weighted by Gasteiger charge is 2.19. The number of nitrogens with one attached hydrogen (secondary N) is 1. The fourth-order valence-electron chi connectivity index (χ4n) is 2.14. The molecular formula is C15H18N2O6. The smallest absolute Gasteiger partial charge is 0.337 e. The molecule has 1 N–H and O–H groups in total. The molecule has 1 aliphatic heterocycles. The quantitative estimate of drug-likeness (QED) is 0.838. The first-order valence-corrected chi connectivity index (χ1v) is 7.00. The minimum Gasteiger partial charge on any atom is -0.465 e. The predicted octanol–water partition coefficient (Wildman–Crippen LogP) is 1.12. The third kappa shape index (κ3) is 4.19. The van der Waals surface area contributed by atoms with Gasteiger partial charge in [0.25, 0.3) is 0 Å². The van der Waals surface area contributed by atoms with Gasteiger partial charge in [-0.1, -0.05) is 0 Å². The molecule has 0 atom stereocenters. The molecule has 1 saturated heterocycles. The van der Waals surface area contributed by atoms with Gasteiger partial charge in [-0.15, -0.1) is 0 Å². The van der Waals surface area contributed by atoms with Crippen LogP contribution in [0.4, 0.5) is 10.5 Å².